The van der Waals surface area contributed by atoms with Crippen molar-refractivity contribution in [3.63, 3.8) is 0 Å². The third-order valence-corrected chi connectivity index (χ3v) is 6.86. The molecule has 1 aromatic heterocycles. The Bertz CT molecular complexity index is 1320. The monoisotopic (exact) mass is 532 g/mol. The number of para-hydroxylation sites is 1. The van der Waals surface area contributed by atoms with E-state index in [0.29, 0.717) is 26.3 Å². The number of aromatic amines is 1. The van der Waals surface area contributed by atoms with Gasteiger partial charge in [-0.25, -0.2) is 0 Å². The summed E-state index contributed by atoms with van der Waals surface area (Å²) in [5, 5.41) is 10.8. The van der Waals surface area contributed by atoms with Crippen LogP contribution in [0.25, 0.3) is 22.5 Å². The highest BCUT2D eigenvalue weighted by Crippen LogP contribution is 2.40. The smallest absolute Gasteiger partial charge is 0.257 e. The van der Waals surface area contributed by atoms with E-state index in [-0.39, 0.29) is 35.6 Å². The van der Waals surface area contributed by atoms with Crippen LogP contribution in [-0.4, -0.2) is 41.9 Å². The maximum atomic E-state index is 13.7. The van der Waals surface area contributed by atoms with Crippen LogP contribution in [0.1, 0.15) is 66.4 Å². The lowest BCUT2D eigenvalue weighted by atomic mass is 9.93. The summed E-state index contributed by atoms with van der Waals surface area (Å²) < 4.78 is 7.69. The summed E-state index contributed by atoms with van der Waals surface area (Å²) >= 11 is 0. The number of anilines is 1. The fourth-order valence-electron chi connectivity index (χ4n) is 4.69. The van der Waals surface area contributed by atoms with E-state index in [2.05, 4.69) is 62.8 Å². The van der Waals surface area contributed by atoms with E-state index >= 15 is 0 Å². The van der Waals surface area contributed by atoms with Crippen LogP contribution in [0.15, 0.2) is 48.5 Å². The zero-order chi connectivity index (χ0) is 28.2. The Morgan fingerprint density at radius 1 is 0.974 bits per heavy atom. The number of H-pyrrole nitrogens is 1. The van der Waals surface area contributed by atoms with Crippen LogP contribution in [0.2, 0.25) is 0 Å². The average Bonchev–Trinajstić information content (AvgIpc) is 3.32. The molecule has 2 amide bonds. The van der Waals surface area contributed by atoms with Crippen molar-refractivity contribution in [3.8, 4) is 22.5 Å². The van der Waals surface area contributed by atoms with Crippen molar-refractivity contribution in [2.45, 2.75) is 72.9 Å². The molecule has 4 rings (SSSR count). The molecule has 1 aliphatic heterocycles. The van der Waals surface area contributed by atoms with Gasteiger partial charge in [-0.1, -0.05) is 56.3 Å². The summed E-state index contributed by atoms with van der Waals surface area (Å²) in [5.74, 6) is -0.241. The first-order chi connectivity index (χ1) is 18.5. The molecule has 0 saturated heterocycles. The highest BCUT2D eigenvalue weighted by atomic mass is 16.5. The number of carbonyl (C=O) groups is 2. The molecule has 39 heavy (non-hydrogen) atoms. The van der Waals surface area contributed by atoms with Crippen LogP contribution in [0.5, 0.6) is 0 Å². The van der Waals surface area contributed by atoms with Gasteiger partial charge in [-0.15, -0.1) is 4.68 Å². The molecule has 8 nitrogen and oxygen atoms in total. The zero-order valence-electron chi connectivity index (χ0n) is 24.1. The standard InChI is InChI=1S/C31H41N5O3/c1-30(2,3)17-19-39-20-18-32-26(37)15-16-27(38)35-21-22-11-7-8-12-23(22)28-29(24-13-9-10-14-25(24)35)36(34-33-28)31(4,5)6/h7-14H,15-21H2,1-6H3,(H,32,37)/p+1. The van der Waals surface area contributed by atoms with Gasteiger partial charge in [-0.3, -0.25) is 9.59 Å². The van der Waals surface area contributed by atoms with Crippen LogP contribution in [0.4, 0.5) is 5.69 Å². The molecule has 0 radical (unpaired) electrons. The lowest BCUT2D eigenvalue weighted by molar-refractivity contribution is -0.796. The van der Waals surface area contributed by atoms with E-state index < -0.39 is 0 Å². The van der Waals surface area contributed by atoms with Gasteiger partial charge in [0.15, 0.2) is 0 Å². The maximum absolute atomic E-state index is 13.7. The normalized spacial score (nSPS) is 13.1. The van der Waals surface area contributed by atoms with E-state index in [4.69, 9.17) is 9.84 Å². The molecular weight excluding hydrogens is 490 g/mol. The van der Waals surface area contributed by atoms with Gasteiger partial charge < -0.3 is 15.0 Å². The number of amides is 2. The van der Waals surface area contributed by atoms with Gasteiger partial charge in [0.05, 0.1) is 24.4 Å². The molecule has 1 aliphatic rings. The number of benzene rings is 2. The second-order valence-corrected chi connectivity index (χ2v) is 12.3. The minimum Gasteiger partial charge on any atom is -0.380 e. The lowest BCUT2D eigenvalue weighted by Crippen LogP contribution is -2.53. The Kier molecular flexibility index (Phi) is 8.54. The molecule has 0 unspecified atom stereocenters. The second kappa shape index (κ2) is 11.7. The Morgan fingerprint density at radius 3 is 2.38 bits per heavy atom. The molecule has 0 spiro atoms. The van der Waals surface area contributed by atoms with Gasteiger partial charge in [0, 0.05) is 36.7 Å². The summed E-state index contributed by atoms with van der Waals surface area (Å²) in [4.78, 5) is 28.0. The predicted molar refractivity (Wildman–Crippen MR) is 153 cm³/mol. The zero-order valence-corrected chi connectivity index (χ0v) is 24.1. The van der Waals surface area contributed by atoms with Gasteiger partial charge in [-0.2, -0.15) is 0 Å². The summed E-state index contributed by atoms with van der Waals surface area (Å²) in [6, 6.07) is 16.0. The number of ether oxygens (including phenoxy) is 1. The highest BCUT2D eigenvalue weighted by Gasteiger charge is 2.37. The fraction of sp³-hybridized carbons (Fsp3) is 0.484. The first-order valence-corrected chi connectivity index (χ1v) is 13.8. The Balaban J connectivity index is 1.52. The quantitative estimate of drug-likeness (QED) is 0.316. The van der Waals surface area contributed by atoms with E-state index in [1.165, 1.54) is 0 Å². The third kappa shape index (κ3) is 6.92. The molecule has 0 fully saturated rings. The van der Waals surface area contributed by atoms with E-state index in [1.807, 2.05) is 42.5 Å². The van der Waals surface area contributed by atoms with Crippen LogP contribution in [-0.2, 0) is 26.4 Å². The number of carbonyl (C=O) groups excluding carboxylic acids is 2. The van der Waals surface area contributed by atoms with Crippen molar-refractivity contribution < 1.29 is 19.0 Å². The van der Waals surface area contributed by atoms with E-state index in [9.17, 15) is 9.59 Å². The van der Waals surface area contributed by atoms with E-state index in [1.54, 1.807) is 4.90 Å². The van der Waals surface area contributed by atoms with Gasteiger partial charge in [0.2, 0.25) is 17.5 Å². The molecule has 0 atom stereocenters. The number of rotatable bonds is 8. The predicted octanol–water partition coefficient (Wildman–Crippen LogP) is 4.98. The number of hydrogen-bond acceptors (Lipinski definition) is 4. The molecule has 2 aromatic carbocycles. The molecule has 2 heterocycles. The molecule has 0 bridgehead atoms. The number of hydrogen-bond donors (Lipinski definition) is 2. The molecule has 8 heteroatoms. The summed E-state index contributed by atoms with van der Waals surface area (Å²) in [7, 11) is 0. The van der Waals surface area contributed by atoms with Crippen LogP contribution >= 0.6 is 0 Å². The van der Waals surface area contributed by atoms with Crippen molar-refractivity contribution in [2.24, 2.45) is 5.41 Å². The second-order valence-electron chi connectivity index (χ2n) is 12.3. The van der Waals surface area contributed by atoms with Gasteiger partial charge in [0.1, 0.15) is 5.54 Å². The number of nitrogens with zero attached hydrogens (tertiary/aromatic N) is 3. The lowest BCUT2D eigenvalue weighted by Gasteiger charge is -2.28. The van der Waals surface area contributed by atoms with E-state index in [0.717, 1.165) is 40.2 Å². The third-order valence-electron chi connectivity index (χ3n) is 6.86. The van der Waals surface area contributed by atoms with Crippen LogP contribution in [0, 0.1) is 5.41 Å². The van der Waals surface area contributed by atoms with Gasteiger partial charge >= 0.3 is 0 Å². The minimum absolute atomic E-state index is 0.0944. The molecule has 2 N–H and O–H groups in total. The molecule has 0 saturated carbocycles. The van der Waals surface area contributed by atoms with Crippen LogP contribution < -0.4 is 14.9 Å². The fourth-order valence-corrected chi connectivity index (χ4v) is 4.69. The minimum atomic E-state index is -0.259. The Hall–Kier alpha value is -3.52. The number of nitrogens with one attached hydrogen (secondary N) is 2. The largest absolute Gasteiger partial charge is 0.380 e. The Morgan fingerprint density at radius 2 is 1.67 bits per heavy atom. The molecule has 208 valence electrons. The summed E-state index contributed by atoms with van der Waals surface area (Å²) in [5.41, 5.74) is 5.50. The maximum Gasteiger partial charge on any atom is 0.257 e. The topological polar surface area (TPSA) is 91.2 Å². The van der Waals surface area contributed by atoms with Gasteiger partial charge in [-0.05, 0) is 56.4 Å². The highest BCUT2D eigenvalue weighted by molar-refractivity contribution is 6.00. The first kappa shape index (κ1) is 28.5. The molecular formula is C31H42N5O3+. The average molecular weight is 533 g/mol. The SMILES string of the molecule is CC(C)(C)CCOCCNC(=O)CCC(=O)N1Cc2ccccc2-c2n[nH][n+](C(C)(C)C)c2-c2ccccc21. The van der Waals surface area contributed by atoms with Crippen LogP contribution in [0.3, 0.4) is 0 Å². The molecule has 3 aromatic rings. The van der Waals surface area contributed by atoms with Crippen molar-refractivity contribution in [1.29, 1.82) is 0 Å². The first-order valence-electron chi connectivity index (χ1n) is 13.8. The van der Waals surface area contributed by atoms with Crippen molar-refractivity contribution >= 4 is 17.5 Å². The number of fused-ring (bicyclic) bond motifs is 5. The molecule has 0 aliphatic carbocycles. The van der Waals surface area contributed by atoms with Crippen molar-refractivity contribution in [1.82, 2.24) is 15.6 Å². The number of aromatic nitrogens is 3. The summed E-state index contributed by atoms with van der Waals surface area (Å²) in [6.45, 7) is 14.9. The Labute approximate surface area is 231 Å². The summed E-state index contributed by atoms with van der Waals surface area (Å²) in [6.07, 6.45) is 1.21. The van der Waals surface area contributed by atoms with Crippen molar-refractivity contribution in [3.05, 3.63) is 54.1 Å². The van der Waals surface area contributed by atoms with Crippen molar-refractivity contribution in [2.75, 3.05) is 24.7 Å². The van der Waals surface area contributed by atoms with Gasteiger partial charge in [0.25, 0.3) is 5.69 Å².